The molecule has 1 aliphatic rings. The molecule has 0 aromatic heterocycles. The van der Waals surface area contributed by atoms with Gasteiger partial charge in [0.05, 0.1) is 17.9 Å². The van der Waals surface area contributed by atoms with Crippen molar-refractivity contribution in [3.05, 3.63) is 69.3 Å². The molecule has 0 radical (unpaired) electrons. The van der Waals surface area contributed by atoms with E-state index in [0.717, 1.165) is 22.4 Å². The molecule has 8 heteroatoms. The van der Waals surface area contributed by atoms with Crippen LogP contribution in [0.25, 0.3) is 0 Å². The normalized spacial score (nSPS) is 14.4. The van der Waals surface area contributed by atoms with Crippen LogP contribution >= 0.6 is 0 Å². The monoisotopic (exact) mass is 410 g/mol. The number of piperazine rings is 1. The zero-order valence-electron chi connectivity index (χ0n) is 17.3. The summed E-state index contributed by atoms with van der Waals surface area (Å²) < 4.78 is 0. The number of aryl methyl sites for hydroxylation is 1. The van der Waals surface area contributed by atoms with E-state index in [4.69, 9.17) is 0 Å². The number of nitro groups is 1. The van der Waals surface area contributed by atoms with Crippen LogP contribution in [0, 0.1) is 24.0 Å². The molecule has 0 spiro atoms. The number of non-ortho nitro benzene ring substituents is 1. The number of nitrogens with one attached hydrogen (secondary N) is 1. The van der Waals surface area contributed by atoms with Gasteiger partial charge in [-0.3, -0.25) is 24.6 Å². The van der Waals surface area contributed by atoms with Gasteiger partial charge >= 0.3 is 0 Å². The molecule has 0 saturated carbocycles. The molecule has 8 nitrogen and oxygen atoms in total. The summed E-state index contributed by atoms with van der Waals surface area (Å²) in [6.07, 6.45) is 0.213. The highest BCUT2D eigenvalue weighted by molar-refractivity contribution is 5.93. The molecule has 0 atom stereocenters. The summed E-state index contributed by atoms with van der Waals surface area (Å²) in [5.41, 5.74) is 3.79. The van der Waals surface area contributed by atoms with Gasteiger partial charge in [-0.2, -0.15) is 0 Å². The number of amides is 2. The number of carbonyl (C=O) groups is 2. The Labute approximate surface area is 175 Å². The number of hydrogen-bond donors (Lipinski definition) is 1. The molecule has 0 aliphatic carbocycles. The fraction of sp³-hybridized carbons (Fsp3) is 0.364. The molecule has 30 heavy (non-hydrogen) atoms. The minimum absolute atomic E-state index is 0.0108. The third-order valence-corrected chi connectivity index (χ3v) is 5.47. The second-order valence-electron chi connectivity index (χ2n) is 7.55. The maximum atomic E-state index is 12.5. The largest absolute Gasteiger partial charge is 0.340 e. The van der Waals surface area contributed by atoms with Crippen LogP contribution in [0.5, 0.6) is 0 Å². The van der Waals surface area contributed by atoms with Crippen LogP contribution in [0.2, 0.25) is 0 Å². The first-order valence-electron chi connectivity index (χ1n) is 9.93. The zero-order valence-corrected chi connectivity index (χ0v) is 17.3. The average molecular weight is 410 g/mol. The van der Waals surface area contributed by atoms with Crippen LogP contribution in [-0.4, -0.2) is 59.3 Å². The first-order chi connectivity index (χ1) is 14.3. The maximum Gasteiger partial charge on any atom is 0.269 e. The van der Waals surface area contributed by atoms with Crippen molar-refractivity contribution in [1.82, 2.24) is 9.80 Å². The number of rotatable bonds is 6. The number of anilines is 1. The van der Waals surface area contributed by atoms with Gasteiger partial charge in [0.25, 0.3) is 5.69 Å². The second-order valence-corrected chi connectivity index (χ2v) is 7.55. The molecular weight excluding hydrogens is 384 g/mol. The zero-order chi connectivity index (χ0) is 21.7. The topological polar surface area (TPSA) is 95.8 Å². The van der Waals surface area contributed by atoms with E-state index in [-0.39, 0.29) is 30.5 Å². The van der Waals surface area contributed by atoms with Crippen molar-refractivity contribution in [1.29, 1.82) is 0 Å². The van der Waals surface area contributed by atoms with Gasteiger partial charge in [0.1, 0.15) is 0 Å². The van der Waals surface area contributed by atoms with Gasteiger partial charge in [0.15, 0.2) is 0 Å². The molecule has 2 amide bonds. The Bertz CT molecular complexity index is 935. The Hall–Kier alpha value is -3.26. The summed E-state index contributed by atoms with van der Waals surface area (Å²) in [6, 6.07) is 11.9. The lowest BCUT2D eigenvalue weighted by Gasteiger charge is -2.34. The average Bonchev–Trinajstić information content (AvgIpc) is 2.72. The molecule has 3 rings (SSSR count). The molecule has 0 unspecified atom stereocenters. The van der Waals surface area contributed by atoms with Crippen molar-refractivity contribution >= 4 is 23.2 Å². The van der Waals surface area contributed by atoms with Crippen molar-refractivity contribution < 1.29 is 14.5 Å². The van der Waals surface area contributed by atoms with Crippen LogP contribution in [0.4, 0.5) is 11.4 Å². The van der Waals surface area contributed by atoms with Gasteiger partial charge < -0.3 is 10.2 Å². The van der Waals surface area contributed by atoms with Crippen molar-refractivity contribution in [2.75, 3.05) is 38.0 Å². The maximum absolute atomic E-state index is 12.5. The standard InChI is InChI=1S/C22H26N4O4/c1-16-4-3-5-20(17(16)2)23-21(27)15-24-10-12-25(13-11-24)22(28)14-18-6-8-19(9-7-18)26(29)30/h3-9H,10-15H2,1-2H3,(H,23,27). The molecule has 1 aliphatic heterocycles. The van der Waals surface area contributed by atoms with Crippen LogP contribution in [0.15, 0.2) is 42.5 Å². The minimum atomic E-state index is -0.457. The molecule has 2 aromatic carbocycles. The van der Waals surface area contributed by atoms with Crippen molar-refractivity contribution in [2.45, 2.75) is 20.3 Å². The molecule has 1 saturated heterocycles. The van der Waals surface area contributed by atoms with E-state index in [2.05, 4.69) is 5.32 Å². The molecular formula is C22H26N4O4. The fourth-order valence-electron chi connectivity index (χ4n) is 3.46. The van der Waals surface area contributed by atoms with Gasteiger partial charge in [-0.05, 0) is 36.6 Å². The van der Waals surface area contributed by atoms with E-state index in [1.54, 1.807) is 17.0 Å². The first kappa shape index (κ1) is 21.4. The molecule has 2 aromatic rings. The van der Waals surface area contributed by atoms with Crippen LogP contribution < -0.4 is 5.32 Å². The van der Waals surface area contributed by atoms with E-state index in [1.165, 1.54) is 12.1 Å². The Morgan fingerprint density at radius 2 is 1.70 bits per heavy atom. The molecule has 0 bridgehead atoms. The van der Waals surface area contributed by atoms with E-state index in [1.807, 2.05) is 36.9 Å². The van der Waals surface area contributed by atoms with E-state index in [9.17, 15) is 19.7 Å². The van der Waals surface area contributed by atoms with Crippen LogP contribution in [-0.2, 0) is 16.0 Å². The van der Waals surface area contributed by atoms with E-state index >= 15 is 0 Å². The van der Waals surface area contributed by atoms with E-state index < -0.39 is 4.92 Å². The Morgan fingerprint density at radius 3 is 2.33 bits per heavy atom. The third kappa shape index (κ3) is 5.42. The highest BCUT2D eigenvalue weighted by atomic mass is 16.6. The summed E-state index contributed by atoms with van der Waals surface area (Å²) in [7, 11) is 0. The fourth-order valence-corrected chi connectivity index (χ4v) is 3.46. The quantitative estimate of drug-likeness (QED) is 0.583. The molecule has 1 heterocycles. The van der Waals surface area contributed by atoms with Crippen molar-refractivity contribution in [3.8, 4) is 0 Å². The lowest BCUT2D eigenvalue weighted by atomic mass is 10.1. The van der Waals surface area contributed by atoms with E-state index in [0.29, 0.717) is 26.2 Å². The number of nitrogens with zero attached hydrogens (tertiary/aromatic N) is 3. The molecule has 1 N–H and O–H groups in total. The summed E-state index contributed by atoms with van der Waals surface area (Å²) >= 11 is 0. The van der Waals surface area contributed by atoms with Gasteiger partial charge in [-0.1, -0.05) is 24.3 Å². The van der Waals surface area contributed by atoms with Gasteiger partial charge in [0.2, 0.25) is 11.8 Å². The van der Waals surface area contributed by atoms with Crippen LogP contribution in [0.3, 0.4) is 0 Å². The van der Waals surface area contributed by atoms with Crippen molar-refractivity contribution in [3.63, 3.8) is 0 Å². The van der Waals surface area contributed by atoms with Crippen molar-refractivity contribution in [2.24, 2.45) is 0 Å². The predicted octanol–water partition coefficient (Wildman–Crippen LogP) is 2.54. The molecule has 158 valence electrons. The Morgan fingerprint density at radius 1 is 1.03 bits per heavy atom. The summed E-state index contributed by atoms with van der Waals surface area (Å²) in [5, 5.41) is 13.7. The van der Waals surface area contributed by atoms with Gasteiger partial charge in [-0.25, -0.2) is 0 Å². The summed E-state index contributed by atoms with van der Waals surface area (Å²) in [5.74, 6) is -0.0716. The number of benzene rings is 2. The summed E-state index contributed by atoms with van der Waals surface area (Å²) in [4.78, 5) is 39.0. The lowest BCUT2D eigenvalue weighted by molar-refractivity contribution is -0.384. The molecule has 1 fully saturated rings. The lowest BCUT2D eigenvalue weighted by Crippen LogP contribution is -2.50. The van der Waals surface area contributed by atoms with Gasteiger partial charge in [0, 0.05) is 44.0 Å². The van der Waals surface area contributed by atoms with Crippen LogP contribution in [0.1, 0.15) is 16.7 Å². The van der Waals surface area contributed by atoms with Gasteiger partial charge in [-0.15, -0.1) is 0 Å². The Balaban J connectivity index is 1.46. The smallest absolute Gasteiger partial charge is 0.269 e. The summed E-state index contributed by atoms with van der Waals surface area (Å²) in [6.45, 7) is 6.67. The highest BCUT2D eigenvalue weighted by Gasteiger charge is 2.23. The number of hydrogen-bond acceptors (Lipinski definition) is 5. The number of nitro benzene ring substituents is 1. The minimum Gasteiger partial charge on any atom is -0.340 e. The Kier molecular flexibility index (Phi) is 6.79. The second kappa shape index (κ2) is 9.49. The third-order valence-electron chi connectivity index (χ3n) is 5.47. The predicted molar refractivity (Wildman–Crippen MR) is 114 cm³/mol. The SMILES string of the molecule is Cc1cccc(NC(=O)CN2CCN(C(=O)Cc3ccc([N+](=O)[O-])cc3)CC2)c1C. The number of carbonyl (C=O) groups excluding carboxylic acids is 2. The first-order valence-corrected chi connectivity index (χ1v) is 9.93. The highest BCUT2D eigenvalue weighted by Crippen LogP contribution is 2.18.